The molecule has 1 fully saturated rings. The first-order valence-electron chi connectivity index (χ1n) is 19.9. The molecule has 0 aromatic heterocycles. The Morgan fingerprint density at radius 2 is 1.62 bits per heavy atom. The molecule has 0 spiro atoms. The highest BCUT2D eigenvalue weighted by atomic mass is 15.3. The summed E-state index contributed by atoms with van der Waals surface area (Å²) in [6.07, 6.45) is -48.3. The number of nitrogens with zero attached hydrogens (tertiary/aromatic N) is 1. The summed E-state index contributed by atoms with van der Waals surface area (Å²) in [5.74, 6) is 0. The molecule has 96 valence electrons. The second kappa shape index (κ2) is 8.11. The number of hydrogen-bond donors (Lipinski definition) is 0. The Morgan fingerprint density at radius 3 is 2.25 bits per heavy atom. The maximum Gasteiger partial charge on any atom is 0.0924 e. The van der Waals surface area contributed by atoms with Crippen molar-refractivity contribution < 1.29 is 48.3 Å². The Bertz CT molecular complexity index is 1210. The molecule has 0 aliphatic carbocycles. The summed E-state index contributed by atoms with van der Waals surface area (Å²) in [4.78, 5) is 0. The van der Waals surface area contributed by atoms with Gasteiger partial charge in [0, 0.05) is 44.3 Å². The quantitative estimate of drug-likeness (QED) is 0.539. The summed E-state index contributed by atoms with van der Waals surface area (Å²) < 4.78 is 252. The molecule has 1 nitrogen and oxygen atoms in total. The van der Waals surface area contributed by atoms with Crippen LogP contribution in [0.3, 0.4) is 0 Å². The van der Waals surface area contributed by atoms with Crippen LogP contribution in [0.2, 0.25) is 0 Å². The fraction of sp³-hybridized carbons (Fsp3) is 1.00. The first-order valence-corrected chi connectivity index (χ1v) is 3.89. The first kappa shape index (κ1) is 1.55. The molecule has 0 amide bonds. The Labute approximate surface area is 148 Å². The van der Waals surface area contributed by atoms with E-state index in [2.05, 4.69) is 0 Å². The van der Waals surface area contributed by atoms with Crippen LogP contribution in [0.1, 0.15) is 114 Å². The molecule has 16 heavy (non-hydrogen) atoms. The third-order valence-electron chi connectivity index (χ3n) is 1.17. The van der Waals surface area contributed by atoms with Crippen molar-refractivity contribution in [1.29, 1.82) is 0 Å². The van der Waals surface area contributed by atoms with E-state index in [4.69, 9.17) is 43.9 Å². The van der Waals surface area contributed by atoms with E-state index >= 15 is 0 Å². The van der Waals surface area contributed by atoms with Gasteiger partial charge in [-0.05, 0) is 12.7 Å². The van der Waals surface area contributed by atoms with Gasteiger partial charge in [-0.1, -0.05) is 45.1 Å². The number of quaternary nitrogens is 1. The van der Waals surface area contributed by atoms with Crippen molar-refractivity contribution in [3.63, 3.8) is 0 Å². The van der Waals surface area contributed by atoms with Crippen LogP contribution in [0.5, 0.6) is 0 Å². The summed E-state index contributed by atoms with van der Waals surface area (Å²) in [5.41, 5.74) is 0. The average Bonchev–Trinajstić information content (AvgIpc) is 2.86. The van der Waals surface area contributed by atoms with Crippen molar-refractivity contribution in [3.05, 3.63) is 0 Å². The molecule has 0 aromatic carbocycles. The highest BCUT2D eigenvalue weighted by Crippen LogP contribution is 2.18. The van der Waals surface area contributed by atoms with Gasteiger partial charge in [-0.15, -0.1) is 0 Å². The molecule has 0 unspecified atom stereocenters. The Balaban J connectivity index is 4.32. The highest BCUT2D eigenvalue weighted by molar-refractivity contribution is 4.53. The monoisotopic (exact) mass is 258 g/mol. The average molecular weight is 259 g/mol. The van der Waals surface area contributed by atoms with Crippen LogP contribution < -0.4 is 0 Å². The summed E-state index contributed by atoms with van der Waals surface area (Å²) in [5, 5.41) is 0. The summed E-state index contributed by atoms with van der Waals surface area (Å²) in [7, 11) is 0. The van der Waals surface area contributed by atoms with Gasteiger partial charge in [0.25, 0.3) is 0 Å². The second-order valence-electron chi connectivity index (χ2n) is 2.26. The lowest BCUT2D eigenvalue weighted by molar-refractivity contribution is -0.897. The molecular weight excluding hydrogens is 194 g/mol. The van der Waals surface area contributed by atoms with Gasteiger partial charge in [-0.25, -0.2) is 0 Å². The second-order valence-corrected chi connectivity index (χ2v) is 2.26. The van der Waals surface area contributed by atoms with Crippen LogP contribution >= 0.6 is 0 Å². The van der Waals surface area contributed by atoms with Crippen LogP contribution in [0.4, 0.5) is 0 Å². The third kappa shape index (κ3) is 5.89. The van der Waals surface area contributed by atoms with E-state index in [1.165, 1.54) is 0 Å². The van der Waals surface area contributed by atoms with E-state index in [0.29, 0.717) is 0 Å². The van der Waals surface area contributed by atoms with Crippen LogP contribution in [0, 0.1) is 0 Å². The third-order valence-corrected chi connectivity index (χ3v) is 1.17. The van der Waals surface area contributed by atoms with E-state index in [0.717, 1.165) is 0 Å². The maximum absolute atomic E-state index is 8.48. The van der Waals surface area contributed by atoms with Gasteiger partial charge in [0.1, 0.15) is 0 Å². The van der Waals surface area contributed by atoms with Gasteiger partial charge in [0.2, 0.25) is 0 Å². The van der Waals surface area contributed by atoms with E-state index in [9.17, 15) is 0 Å². The molecule has 1 aliphatic rings. The zero-order chi connectivity index (χ0) is 40.0. The molecule has 0 atom stereocenters. The molecule has 0 N–H and O–H groups in total. The van der Waals surface area contributed by atoms with Crippen molar-refractivity contribution >= 4 is 0 Å². The van der Waals surface area contributed by atoms with Gasteiger partial charge in [-0.2, -0.15) is 0 Å². The Kier molecular flexibility index (Phi) is 0.787. The number of hydrogen-bond acceptors (Lipinski definition) is 0. The van der Waals surface area contributed by atoms with Crippen LogP contribution in [-0.4, -0.2) is 30.9 Å². The van der Waals surface area contributed by atoms with Gasteiger partial charge in [0.15, 0.2) is 0 Å². The lowest BCUT2D eigenvalue weighted by Gasteiger charge is -2.29. The van der Waals surface area contributed by atoms with E-state index in [1.807, 2.05) is 0 Å². The molecule has 1 saturated heterocycles. The zero-order valence-corrected chi connectivity index (χ0v) is 7.95. The van der Waals surface area contributed by atoms with Crippen LogP contribution in [0.15, 0.2) is 0 Å². The first-order chi connectivity index (χ1) is 20.0. The summed E-state index contributed by atoms with van der Waals surface area (Å²) >= 11 is 0. The molecule has 0 bridgehead atoms. The van der Waals surface area contributed by atoms with Crippen molar-refractivity contribution in [2.75, 3.05) is 26.5 Å². The van der Waals surface area contributed by atoms with Gasteiger partial charge >= 0.3 is 0 Å². The lowest BCUT2D eigenvalue weighted by atomic mass is 10.1. The summed E-state index contributed by atoms with van der Waals surface area (Å²) in [6, 6.07) is 0. The molecule has 0 radical (unpaired) electrons. The molecule has 1 aliphatic heterocycles. The minimum atomic E-state index is -5.27. The number of likely N-dealkylation sites (tertiary alicyclic amines) is 1. The Morgan fingerprint density at radius 1 is 1.00 bits per heavy atom. The SMILES string of the molecule is [2H]C([2H])([2H])C([2H])([2H])C([2H])([2H])C([2H])([2H])C([2H])([2H])C([2H])([2H])C([2H])([2H])C([2H])([2H])C([2H])([2H])C([2H])([2H])[N+]1(C([2H])([2H])[2H])C([2H])([2H])C([2H])([2H])C([2H])([2H])C1([2H])[2H]. The van der Waals surface area contributed by atoms with Gasteiger partial charge in [-0.3, -0.25) is 0 Å². The zero-order valence-electron chi connectivity index (χ0n) is 39.9. The number of rotatable bonds is 9. The van der Waals surface area contributed by atoms with Gasteiger partial charge in [0.05, 0.1) is 38.8 Å². The largest absolute Gasteiger partial charge is 0.326 e. The minimum Gasteiger partial charge on any atom is -0.326 e. The maximum atomic E-state index is 8.48. The van der Waals surface area contributed by atoms with Crippen molar-refractivity contribution in [1.82, 2.24) is 0 Å². The molecule has 0 aromatic rings. The highest BCUT2D eigenvalue weighted by Gasteiger charge is 2.25. The van der Waals surface area contributed by atoms with Crippen LogP contribution in [0.25, 0.3) is 0 Å². The molecule has 1 rings (SSSR count). The van der Waals surface area contributed by atoms with E-state index in [1.54, 1.807) is 0 Å². The van der Waals surface area contributed by atoms with E-state index < -0.39 is 102 Å². The topological polar surface area (TPSA) is 0 Å². The molecule has 1 heteroatoms. The molecule has 1 heterocycles. The smallest absolute Gasteiger partial charge is 0.0924 e. The fourth-order valence-electron chi connectivity index (χ4n) is 0.607. The Hall–Kier alpha value is -0.0400. The minimum absolute atomic E-state index is 3.94. The lowest BCUT2D eigenvalue weighted by Crippen LogP contribution is -2.41. The van der Waals surface area contributed by atoms with Gasteiger partial charge < -0.3 is 4.48 Å². The van der Waals surface area contributed by atoms with Crippen molar-refractivity contribution in [3.8, 4) is 0 Å². The van der Waals surface area contributed by atoms with Crippen molar-refractivity contribution in [2.24, 2.45) is 0 Å². The predicted molar refractivity (Wildman–Crippen MR) is 72.6 cm³/mol. The normalized spacial score (nSPS) is 71.0. The van der Waals surface area contributed by atoms with E-state index in [-0.39, 0.29) is 0 Å². The standard InChI is InChI=1S/C15H32N/c1-3-4-5-6-7-8-9-10-13-16(2)14-11-12-15-16/h3-15H2,1-2H3/q+1/i1D3,2D3,3D2,4D2,5D2,6D2,7D2,8D2,9D2,10D2,11D2,12D2,13D2,14D2,15D2. The van der Waals surface area contributed by atoms with Crippen molar-refractivity contribution in [2.45, 2.75) is 70.6 Å². The summed E-state index contributed by atoms with van der Waals surface area (Å²) in [6.45, 7) is -23.6. The molecule has 0 saturated carbocycles. The molecular formula is C15H32N+. The van der Waals surface area contributed by atoms with Crippen LogP contribution in [-0.2, 0) is 0 Å². The predicted octanol–water partition coefficient (Wildman–Crippen LogP) is 4.37. The fourth-order valence-corrected chi connectivity index (χ4v) is 0.607.